The van der Waals surface area contributed by atoms with Crippen molar-refractivity contribution in [1.29, 1.82) is 0 Å². The van der Waals surface area contributed by atoms with Crippen LogP contribution in [-0.4, -0.2) is 29.3 Å². The third-order valence-electron chi connectivity index (χ3n) is 6.46. The Morgan fingerprint density at radius 3 is 1.95 bits per heavy atom. The van der Waals surface area contributed by atoms with Crippen LogP contribution in [0.2, 0.25) is 0 Å². The van der Waals surface area contributed by atoms with Crippen LogP contribution in [0.1, 0.15) is 22.3 Å². The number of anilines is 3. The van der Waals surface area contributed by atoms with E-state index in [0.29, 0.717) is 22.6 Å². The SMILES string of the molecule is Cc1ccc(C)c(N(CC(=O)Nc2ccc(S(=O)(=O)Nc3ccc(C)c(C)c3)cc2)S(=O)(=O)c2ccccc2)c1. The van der Waals surface area contributed by atoms with Gasteiger partial charge in [-0.15, -0.1) is 0 Å². The van der Waals surface area contributed by atoms with Crippen molar-refractivity contribution in [2.75, 3.05) is 20.9 Å². The number of amides is 1. The summed E-state index contributed by atoms with van der Waals surface area (Å²) in [6.07, 6.45) is 0. The molecule has 4 aromatic carbocycles. The molecule has 0 aliphatic rings. The van der Waals surface area contributed by atoms with Gasteiger partial charge < -0.3 is 5.32 Å². The summed E-state index contributed by atoms with van der Waals surface area (Å²) in [5.41, 5.74) is 4.74. The Labute approximate surface area is 235 Å². The van der Waals surface area contributed by atoms with E-state index in [0.717, 1.165) is 21.0 Å². The monoisotopic (exact) mass is 577 g/mol. The summed E-state index contributed by atoms with van der Waals surface area (Å²) in [7, 11) is -7.91. The fourth-order valence-electron chi connectivity index (χ4n) is 4.07. The van der Waals surface area contributed by atoms with Gasteiger partial charge in [-0.1, -0.05) is 36.4 Å². The average Bonchev–Trinajstić information content (AvgIpc) is 2.91. The number of sulfonamides is 2. The van der Waals surface area contributed by atoms with Crippen LogP contribution in [0.4, 0.5) is 17.1 Å². The van der Waals surface area contributed by atoms with E-state index in [2.05, 4.69) is 10.0 Å². The summed E-state index contributed by atoms with van der Waals surface area (Å²) in [5, 5.41) is 2.68. The number of aryl methyl sites for hydroxylation is 4. The summed E-state index contributed by atoms with van der Waals surface area (Å²) in [6.45, 7) is 7.00. The first-order valence-corrected chi connectivity index (χ1v) is 15.4. The zero-order valence-corrected chi connectivity index (χ0v) is 24.3. The molecule has 0 saturated heterocycles. The second-order valence-electron chi connectivity index (χ2n) is 9.59. The molecular weight excluding hydrogens is 546 g/mol. The Morgan fingerprint density at radius 1 is 0.675 bits per heavy atom. The van der Waals surface area contributed by atoms with Gasteiger partial charge in [-0.2, -0.15) is 0 Å². The summed E-state index contributed by atoms with van der Waals surface area (Å²) < 4.78 is 56.6. The molecule has 10 heteroatoms. The molecule has 0 aliphatic carbocycles. The molecule has 0 aliphatic heterocycles. The maximum Gasteiger partial charge on any atom is 0.264 e. The van der Waals surface area contributed by atoms with Gasteiger partial charge >= 0.3 is 0 Å². The van der Waals surface area contributed by atoms with Gasteiger partial charge in [0.15, 0.2) is 0 Å². The summed E-state index contributed by atoms with van der Waals surface area (Å²) >= 11 is 0. The largest absolute Gasteiger partial charge is 0.325 e. The Hall–Kier alpha value is -4.15. The van der Waals surface area contributed by atoms with Crippen molar-refractivity contribution in [3.05, 3.63) is 113 Å². The smallest absolute Gasteiger partial charge is 0.264 e. The van der Waals surface area contributed by atoms with E-state index < -0.39 is 32.5 Å². The molecule has 1 amide bonds. The van der Waals surface area contributed by atoms with Gasteiger partial charge in [0.25, 0.3) is 20.0 Å². The maximum atomic E-state index is 13.6. The molecule has 0 spiro atoms. The molecule has 0 fully saturated rings. The topological polar surface area (TPSA) is 113 Å². The molecule has 0 bridgehead atoms. The molecular formula is C30H31N3O5S2. The second kappa shape index (κ2) is 11.5. The van der Waals surface area contributed by atoms with E-state index in [1.807, 2.05) is 32.9 Å². The number of nitrogens with zero attached hydrogens (tertiary/aromatic N) is 1. The van der Waals surface area contributed by atoms with Crippen LogP contribution < -0.4 is 14.3 Å². The zero-order valence-electron chi connectivity index (χ0n) is 22.7. The fourth-order valence-corrected chi connectivity index (χ4v) is 6.62. The van der Waals surface area contributed by atoms with Crippen molar-refractivity contribution >= 4 is 43.0 Å². The van der Waals surface area contributed by atoms with Crippen molar-refractivity contribution in [3.63, 3.8) is 0 Å². The van der Waals surface area contributed by atoms with Gasteiger partial charge in [0.05, 0.1) is 15.5 Å². The van der Waals surface area contributed by atoms with Crippen LogP contribution in [0.5, 0.6) is 0 Å². The van der Waals surface area contributed by atoms with E-state index in [-0.39, 0.29) is 9.79 Å². The third-order valence-corrected chi connectivity index (χ3v) is 9.63. The second-order valence-corrected chi connectivity index (χ2v) is 13.1. The van der Waals surface area contributed by atoms with Crippen molar-refractivity contribution in [3.8, 4) is 0 Å². The van der Waals surface area contributed by atoms with E-state index in [9.17, 15) is 21.6 Å². The van der Waals surface area contributed by atoms with E-state index >= 15 is 0 Å². The van der Waals surface area contributed by atoms with Crippen LogP contribution in [0.15, 0.2) is 101 Å². The first-order chi connectivity index (χ1) is 18.9. The molecule has 0 radical (unpaired) electrons. The molecule has 2 N–H and O–H groups in total. The van der Waals surface area contributed by atoms with Crippen LogP contribution >= 0.6 is 0 Å². The van der Waals surface area contributed by atoms with Gasteiger partial charge in [-0.3, -0.25) is 13.8 Å². The van der Waals surface area contributed by atoms with E-state index in [4.69, 9.17) is 0 Å². The number of rotatable bonds is 9. The Bertz CT molecular complexity index is 1750. The fraction of sp³-hybridized carbons (Fsp3) is 0.167. The highest BCUT2D eigenvalue weighted by Gasteiger charge is 2.28. The van der Waals surface area contributed by atoms with E-state index in [1.54, 1.807) is 49.4 Å². The maximum absolute atomic E-state index is 13.6. The molecule has 0 saturated carbocycles. The number of hydrogen-bond acceptors (Lipinski definition) is 5. The first-order valence-electron chi connectivity index (χ1n) is 12.5. The van der Waals surface area contributed by atoms with Crippen molar-refractivity contribution in [2.24, 2.45) is 0 Å². The quantitative estimate of drug-likeness (QED) is 0.271. The van der Waals surface area contributed by atoms with Gasteiger partial charge in [0, 0.05) is 11.4 Å². The number of hydrogen-bond donors (Lipinski definition) is 2. The highest BCUT2D eigenvalue weighted by molar-refractivity contribution is 7.93. The van der Waals surface area contributed by atoms with E-state index in [1.165, 1.54) is 36.4 Å². The molecule has 40 heavy (non-hydrogen) atoms. The van der Waals surface area contributed by atoms with Crippen molar-refractivity contribution < 1.29 is 21.6 Å². The summed E-state index contributed by atoms with van der Waals surface area (Å²) in [5.74, 6) is -0.579. The highest BCUT2D eigenvalue weighted by atomic mass is 32.2. The van der Waals surface area contributed by atoms with Gasteiger partial charge in [0.2, 0.25) is 5.91 Å². The molecule has 0 heterocycles. The average molecular weight is 578 g/mol. The Balaban J connectivity index is 1.55. The standard InChI is InChI=1S/C30H31N3O5S2/c1-21-10-11-23(3)29(18-21)33(40(37,38)28-8-6-5-7-9-28)20-30(34)31-25-14-16-27(17-15-25)39(35,36)32-26-13-12-22(2)24(4)19-26/h5-19,32H,20H2,1-4H3,(H,31,34). The normalized spacial score (nSPS) is 11.6. The zero-order chi connectivity index (χ0) is 29.1. The van der Waals surface area contributed by atoms with Crippen molar-refractivity contribution in [1.82, 2.24) is 0 Å². The minimum Gasteiger partial charge on any atom is -0.325 e. The Morgan fingerprint density at radius 2 is 1.30 bits per heavy atom. The predicted molar refractivity (Wildman–Crippen MR) is 159 cm³/mol. The third kappa shape index (κ3) is 6.52. The highest BCUT2D eigenvalue weighted by Crippen LogP contribution is 2.28. The van der Waals surface area contributed by atoms with Crippen molar-refractivity contribution in [2.45, 2.75) is 37.5 Å². The minimum atomic E-state index is -4.06. The molecule has 0 atom stereocenters. The van der Waals surface area contributed by atoms with Gasteiger partial charge in [0.1, 0.15) is 6.54 Å². The molecule has 8 nitrogen and oxygen atoms in total. The first kappa shape index (κ1) is 28.8. The number of nitrogens with one attached hydrogen (secondary N) is 2. The molecule has 208 valence electrons. The molecule has 4 rings (SSSR count). The van der Waals surface area contributed by atoms with Gasteiger partial charge in [-0.25, -0.2) is 16.8 Å². The summed E-state index contributed by atoms with van der Waals surface area (Å²) in [6, 6.07) is 24.3. The van der Waals surface area contributed by atoms with Crippen LogP contribution in [0.25, 0.3) is 0 Å². The minimum absolute atomic E-state index is 0.0207. The predicted octanol–water partition coefficient (Wildman–Crippen LogP) is 5.56. The Kier molecular flexibility index (Phi) is 8.32. The van der Waals surface area contributed by atoms with Crippen LogP contribution in [-0.2, 0) is 24.8 Å². The van der Waals surface area contributed by atoms with Crippen LogP contribution in [0, 0.1) is 27.7 Å². The lowest BCUT2D eigenvalue weighted by molar-refractivity contribution is -0.114. The van der Waals surface area contributed by atoms with Crippen LogP contribution in [0.3, 0.4) is 0 Å². The number of benzene rings is 4. The lowest BCUT2D eigenvalue weighted by atomic mass is 10.1. The van der Waals surface area contributed by atoms with Gasteiger partial charge in [-0.05, 0) is 105 Å². The lowest BCUT2D eigenvalue weighted by Gasteiger charge is -2.26. The molecule has 0 aromatic heterocycles. The molecule has 4 aromatic rings. The number of carbonyl (C=O) groups is 1. The number of carbonyl (C=O) groups excluding carboxylic acids is 1. The molecule has 0 unspecified atom stereocenters. The lowest BCUT2D eigenvalue weighted by Crippen LogP contribution is -2.38. The summed E-state index contributed by atoms with van der Waals surface area (Å²) in [4.78, 5) is 13.2.